The summed E-state index contributed by atoms with van der Waals surface area (Å²) in [5, 5.41) is 7.49. The molecule has 2 nitrogen and oxygen atoms in total. The van der Waals surface area contributed by atoms with E-state index in [4.69, 9.17) is 0 Å². The molecule has 0 fully saturated rings. The van der Waals surface area contributed by atoms with Gasteiger partial charge in [0.05, 0.1) is 16.7 Å². The third-order valence-corrected chi connectivity index (χ3v) is 12.8. The van der Waals surface area contributed by atoms with Crippen LogP contribution in [0.2, 0.25) is 0 Å². The molecule has 11 aromatic carbocycles. The second kappa shape index (κ2) is 15.8. The Labute approximate surface area is 373 Å². The fourth-order valence-electron chi connectivity index (χ4n) is 9.84. The van der Waals surface area contributed by atoms with E-state index in [9.17, 15) is 0 Å². The number of nitrogens with zero attached hydrogens (tertiary/aromatic N) is 2. The Hall–Kier alpha value is -8.46. The molecule has 64 heavy (non-hydrogen) atoms. The summed E-state index contributed by atoms with van der Waals surface area (Å²) in [6.45, 7) is 0. The van der Waals surface area contributed by atoms with Gasteiger partial charge in [-0.15, -0.1) is 0 Å². The summed E-state index contributed by atoms with van der Waals surface area (Å²) in [4.78, 5) is 2.41. The molecule has 0 spiro atoms. The molecule has 0 saturated carbocycles. The molecule has 1 aromatic heterocycles. The summed E-state index contributed by atoms with van der Waals surface area (Å²) < 4.78 is 2.39. The van der Waals surface area contributed by atoms with Crippen molar-refractivity contribution in [3.63, 3.8) is 0 Å². The molecule has 2 heteroatoms. The first-order chi connectivity index (χ1) is 31.8. The Balaban J connectivity index is 1.00. The van der Waals surface area contributed by atoms with E-state index in [1.54, 1.807) is 0 Å². The first-order valence-electron chi connectivity index (χ1n) is 22.0. The van der Waals surface area contributed by atoms with Crippen molar-refractivity contribution in [2.24, 2.45) is 0 Å². The monoisotopic (exact) mass is 814 g/mol. The first-order valence-corrected chi connectivity index (χ1v) is 22.0. The van der Waals surface area contributed by atoms with Gasteiger partial charge in [-0.1, -0.05) is 194 Å². The van der Waals surface area contributed by atoms with Gasteiger partial charge in [-0.25, -0.2) is 0 Å². The van der Waals surface area contributed by atoms with E-state index >= 15 is 0 Å². The number of rotatable bonds is 8. The molecule has 0 saturated heterocycles. The zero-order chi connectivity index (χ0) is 42.4. The highest BCUT2D eigenvalue weighted by atomic mass is 15.1. The number of hydrogen-bond acceptors (Lipinski definition) is 1. The summed E-state index contributed by atoms with van der Waals surface area (Å²) in [7, 11) is 0. The number of fused-ring (bicyclic) bond motifs is 5. The summed E-state index contributed by atoms with van der Waals surface area (Å²) in [6.07, 6.45) is 0. The molecule has 300 valence electrons. The lowest BCUT2D eigenvalue weighted by molar-refractivity contribution is 1.18. The molecule has 0 radical (unpaired) electrons. The number of anilines is 3. The van der Waals surface area contributed by atoms with E-state index < -0.39 is 0 Å². The molecule has 0 atom stereocenters. The van der Waals surface area contributed by atoms with E-state index in [0.29, 0.717) is 0 Å². The molecule has 0 bridgehead atoms. The van der Waals surface area contributed by atoms with Gasteiger partial charge in [0, 0.05) is 33.4 Å². The second-order valence-corrected chi connectivity index (χ2v) is 16.5. The van der Waals surface area contributed by atoms with E-state index in [0.717, 1.165) is 33.9 Å². The minimum atomic E-state index is 1.09. The average Bonchev–Trinajstić information content (AvgIpc) is 3.72. The molecule has 0 amide bonds. The van der Waals surface area contributed by atoms with Crippen LogP contribution in [0.3, 0.4) is 0 Å². The topological polar surface area (TPSA) is 8.17 Å². The zero-order valence-electron chi connectivity index (χ0n) is 35.1. The van der Waals surface area contributed by atoms with Crippen molar-refractivity contribution in [1.29, 1.82) is 0 Å². The van der Waals surface area contributed by atoms with Gasteiger partial charge in [0.2, 0.25) is 0 Å². The van der Waals surface area contributed by atoms with Crippen LogP contribution in [0.25, 0.3) is 93.5 Å². The maximum atomic E-state index is 2.41. The largest absolute Gasteiger partial charge is 0.310 e. The molecule has 0 unspecified atom stereocenters. The fraction of sp³-hybridized carbons (Fsp3) is 0. The highest BCUT2D eigenvalue weighted by Crippen LogP contribution is 2.44. The van der Waals surface area contributed by atoms with Crippen molar-refractivity contribution < 1.29 is 0 Å². The van der Waals surface area contributed by atoms with Crippen LogP contribution in [0.15, 0.2) is 255 Å². The molecule has 0 N–H and O–H groups in total. The Morgan fingerprint density at radius 2 is 0.734 bits per heavy atom. The van der Waals surface area contributed by atoms with Crippen LogP contribution in [0, 0.1) is 0 Å². The number of hydrogen-bond donors (Lipinski definition) is 0. The first kappa shape index (κ1) is 37.3. The van der Waals surface area contributed by atoms with E-state index in [1.165, 1.54) is 76.7 Å². The lowest BCUT2D eigenvalue weighted by Gasteiger charge is -2.28. The van der Waals surface area contributed by atoms with Gasteiger partial charge in [0.15, 0.2) is 0 Å². The normalized spacial score (nSPS) is 11.4. The van der Waals surface area contributed by atoms with Crippen molar-refractivity contribution in [1.82, 2.24) is 4.57 Å². The maximum Gasteiger partial charge on any atom is 0.0547 e. The van der Waals surface area contributed by atoms with Crippen molar-refractivity contribution in [3.8, 4) is 50.2 Å². The van der Waals surface area contributed by atoms with Crippen molar-refractivity contribution in [2.45, 2.75) is 0 Å². The van der Waals surface area contributed by atoms with Gasteiger partial charge in [0.25, 0.3) is 0 Å². The lowest BCUT2D eigenvalue weighted by Crippen LogP contribution is -2.11. The van der Waals surface area contributed by atoms with Crippen molar-refractivity contribution in [2.75, 3.05) is 4.90 Å². The van der Waals surface area contributed by atoms with Crippen LogP contribution in [-0.2, 0) is 0 Å². The number of benzene rings is 11. The third-order valence-electron chi connectivity index (χ3n) is 12.8. The van der Waals surface area contributed by atoms with Crippen LogP contribution >= 0.6 is 0 Å². The van der Waals surface area contributed by atoms with Gasteiger partial charge in [0.1, 0.15) is 0 Å². The van der Waals surface area contributed by atoms with Crippen LogP contribution in [-0.4, -0.2) is 4.57 Å². The Morgan fingerprint density at radius 3 is 1.39 bits per heavy atom. The van der Waals surface area contributed by atoms with Crippen molar-refractivity contribution in [3.05, 3.63) is 255 Å². The summed E-state index contributed by atoms with van der Waals surface area (Å²) in [5.41, 5.74) is 16.4. The van der Waals surface area contributed by atoms with Crippen molar-refractivity contribution >= 4 is 60.4 Å². The second-order valence-electron chi connectivity index (χ2n) is 16.5. The molecule has 12 rings (SSSR count). The van der Waals surface area contributed by atoms with Crippen LogP contribution in [0.4, 0.5) is 17.1 Å². The van der Waals surface area contributed by atoms with Gasteiger partial charge < -0.3 is 9.47 Å². The molecular formula is C62H42N2. The average molecular weight is 815 g/mol. The maximum absolute atomic E-state index is 2.41. The summed E-state index contributed by atoms with van der Waals surface area (Å²) in [5.74, 6) is 0. The lowest BCUT2D eigenvalue weighted by atomic mass is 9.94. The molecule has 12 aromatic rings. The SMILES string of the molecule is c1ccc(-n2c3ccccc3c3c(-c4cccc(-c5ccccc5N(c5ccc(-c6cccc7ccccc67)cc5)c5ccc(-c6cccc7ccccc67)cc5)c4)cccc32)cc1. The summed E-state index contributed by atoms with van der Waals surface area (Å²) in [6, 6.07) is 92.7. The standard InChI is InChI=1S/C62H42N2/c1-2-22-49(23-3-1)64-60-32-11-9-27-58(60)62-57(30-15-33-61(62)64)48-21-12-20-47(42-48)56-26-8-10-31-59(56)63(50-38-34-45(35-39-50)54-28-13-18-43-16-4-6-24-52(43)54)51-40-36-46(37-41-51)55-29-14-19-44-17-5-7-25-53(44)55/h1-42H. The minimum absolute atomic E-state index is 1.09. The van der Waals surface area contributed by atoms with Crippen LogP contribution in [0.5, 0.6) is 0 Å². The molecule has 1 heterocycles. The predicted molar refractivity (Wildman–Crippen MR) is 272 cm³/mol. The number of para-hydroxylation sites is 3. The fourth-order valence-corrected chi connectivity index (χ4v) is 9.84. The smallest absolute Gasteiger partial charge is 0.0547 e. The molecule has 0 aliphatic rings. The zero-order valence-corrected chi connectivity index (χ0v) is 35.1. The minimum Gasteiger partial charge on any atom is -0.310 e. The van der Waals surface area contributed by atoms with Gasteiger partial charge in [-0.05, 0) is 121 Å². The number of aromatic nitrogens is 1. The van der Waals surface area contributed by atoms with Gasteiger partial charge in [-0.3, -0.25) is 0 Å². The molecule has 0 aliphatic heterocycles. The van der Waals surface area contributed by atoms with Gasteiger partial charge in [-0.2, -0.15) is 0 Å². The highest BCUT2D eigenvalue weighted by Gasteiger charge is 2.20. The summed E-state index contributed by atoms with van der Waals surface area (Å²) >= 11 is 0. The Morgan fingerprint density at radius 1 is 0.281 bits per heavy atom. The predicted octanol–water partition coefficient (Wildman–Crippen LogP) is 17.2. The van der Waals surface area contributed by atoms with Crippen LogP contribution < -0.4 is 4.90 Å². The third kappa shape index (κ3) is 6.44. The van der Waals surface area contributed by atoms with E-state index in [2.05, 4.69) is 264 Å². The van der Waals surface area contributed by atoms with E-state index in [1.807, 2.05) is 0 Å². The van der Waals surface area contributed by atoms with Crippen LogP contribution in [0.1, 0.15) is 0 Å². The van der Waals surface area contributed by atoms with E-state index in [-0.39, 0.29) is 0 Å². The van der Waals surface area contributed by atoms with Gasteiger partial charge >= 0.3 is 0 Å². The highest BCUT2D eigenvalue weighted by molar-refractivity contribution is 6.16. The molecular weight excluding hydrogens is 773 g/mol. The Kier molecular flexibility index (Phi) is 9.20. The quantitative estimate of drug-likeness (QED) is 0.148. The molecule has 0 aliphatic carbocycles. The Bertz CT molecular complexity index is 3520.